The maximum absolute atomic E-state index is 11.7. The summed E-state index contributed by atoms with van der Waals surface area (Å²) in [6, 6.07) is 7.96. The summed E-state index contributed by atoms with van der Waals surface area (Å²) in [7, 11) is 1.49. The van der Waals surface area contributed by atoms with Crippen LogP contribution in [-0.2, 0) is 16.1 Å². The summed E-state index contributed by atoms with van der Waals surface area (Å²) in [5.74, 6) is -0.744. The van der Waals surface area contributed by atoms with Crippen LogP contribution in [-0.4, -0.2) is 29.7 Å². The van der Waals surface area contributed by atoms with Crippen molar-refractivity contribution in [3.05, 3.63) is 47.9 Å². The number of rotatable bonds is 5. The van der Waals surface area contributed by atoms with Gasteiger partial charge in [-0.25, -0.2) is 5.43 Å². The number of aromatic hydroxyl groups is 1. The minimum absolute atomic E-state index is 0.0198. The van der Waals surface area contributed by atoms with E-state index in [0.717, 1.165) is 0 Å². The number of methoxy groups -OCH3 is 1. The molecule has 0 fully saturated rings. The maximum Gasteiger partial charge on any atom is 0.329 e. The lowest BCUT2D eigenvalue weighted by Crippen LogP contribution is -2.37. The second-order valence-corrected chi connectivity index (χ2v) is 4.78. The van der Waals surface area contributed by atoms with Crippen LogP contribution in [0.1, 0.15) is 18.2 Å². The van der Waals surface area contributed by atoms with Crippen LogP contribution >= 0.6 is 0 Å². The molecular formula is C16H17N3O5. The smallest absolute Gasteiger partial charge is 0.329 e. The summed E-state index contributed by atoms with van der Waals surface area (Å²) in [5, 5.41) is 16.0. The number of nitrogens with one attached hydrogen (secondary N) is 2. The number of amides is 2. The van der Waals surface area contributed by atoms with Gasteiger partial charge >= 0.3 is 11.8 Å². The summed E-state index contributed by atoms with van der Waals surface area (Å²) < 4.78 is 10.1. The highest BCUT2D eigenvalue weighted by atomic mass is 16.5. The zero-order valence-corrected chi connectivity index (χ0v) is 13.2. The summed E-state index contributed by atoms with van der Waals surface area (Å²) in [5.41, 5.74) is 2.83. The Morgan fingerprint density at radius 1 is 1.29 bits per heavy atom. The number of carbonyl (C=O) groups excluding carboxylic acids is 2. The first-order valence-electron chi connectivity index (χ1n) is 7.03. The summed E-state index contributed by atoms with van der Waals surface area (Å²) in [6.07, 6.45) is 1.47. The van der Waals surface area contributed by atoms with Gasteiger partial charge in [0, 0.05) is 5.56 Å². The average molecular weight is 331 g/mol. The van der Waals surface area contributed by atoms with Crippen molar-refractivity contribution in [2.24, 2.45) is 5.10 Å². The lowest BCUT2D eigenvalue weighted by molar-refractivity contribution is -0.139. The van der Waals surface area contributed by atoms with Gasteiger partial charge < -0.3 is 19.6 Å². The third-order valence-corrected chi connectivity index (χ3v) is 3.13. The fourth-order valence-electron chi connectivity index (χ4n) is 1.84. The topological polar surface area (TPSA) is 113 Å². The highest BCUT2D eigenvalue weighted by molar-refractivity contribution is 6.35. The van der Waals surface area contributed by atoms with Crippen LogP contribution in [0.2, 0.25) is 0 Å². The molecule has 0 saturated carbocycles. The SMILES string of the molecule is COc1ccc(O)c(/C(C)=N/NC(=O)C(=O)NCc2ccco2)c1. The summed E-state index contributed by atoms with van der Waals surface area (Å²) in [6.45, 7) is 1.67. The zero-order valence-electron chi connectivity index (χ0n) is 13.2. The van der Waals surface area contributed by atoms with Crippen molar-refractivity contribution in [3.63, 3.8) is 0 Å². The molecule has 0 aliphatic rings. The Hall–Kier alpha value is -3.29. The van der Waals surface area contributed by atoms with E-state index in [-0.39, 0.29) is 12.3 Å². The summed E-state index contributed by atoms with van der Waals surface area (Å²) in [4.78, 5) is 23.3. The molecule has 3 N–H and O–H groups in total. The fourth-order valence-corrected chi connectivity index (χ4v) is 1.84. The Morgan fingerprint density at radius 3 is 2.75 bits per heavy atom. The number of carbonyl (C=O) groups is 2. The molecule has 2 amide bonds. The fraction of sp³-hybridized carbons (Fsp3) is 0.188. The Morgan fingerprint density at radius 2 is 2.08 bits per heavy atom. The van der Waals surface area contributed by atoms with E-state index in [0.29, 0.717) is 22.8 Å². The molecule has 1 aromatic heterocycles. The molecule has 2 rings (SSSR count). The van der Waals surface area contributed by atoms with Crippen molar-refractivity contribution in [2.75, 3.05) is 7.11 Å². The highest BCUT2D eigenvalue weighted by Gasteiger charge is 2.14. The number of ether oxygens (including phenoxy) is 1. The number of furan rings is 1. The van der Waals surface area contributed by atoms with Gasteiger partial charge in [-0.05, 0) is 37.3 Å². The monoisotopic (exact) mass is 331 g/mol. The average Bonchev–Trinajstić information content (AvgIpc) is 3.11. The molecule has 24 heavy (non-hydrogen) atoms. The number of hydrogen-bond acceptors (Lipinski definition) is 6. The quantitative estimate of drug-likeness (QED) is 0.432. The van der Waals surface area contributed by atoms with Crippen LogP contribution < -0.4 is 15.5 Å². The number of phenols is 1. The van der Waals surface area contributed by atoms with Crippen molar-refractivity contribution in [3.8, 4) is 11.5 Å². The third-order valence-electron chi connectivity index (χ3n) is 3.13. The first-order valence-corrected chi connectivity index (χ1v) is 7.03. The van der Waals surface area contributed by atoms with E-state index in [4.69, 9.17) is 9.15 Å². The first kappa shape index (κ1) is 17.1. The van der Waals surface area contributed by atoms with Crippen LogP contribution in [0, 0.1) is 0 Å². The Labute approximate surface area is 138 Å². The van der Waals surface area contributed by atoms with Crippen molar-refractivity contribution in [2.45, 2.75) is 13.5 Å². The number of benzene rings is 1. The molecule has 0 spiro atoms. The largest absolute Gasteiger partial charge is 0.507 e. The van der Waals surface area contributed by atoms with Crippen LogP contribution in [0.5, 0.6) is 11.5 Å². The van der Waals surface area contributed by atoms with Crippen LogP contribution in [0.3, 0.4) is 0 Å². The minimum atomic E-state index is -0.928. The normalized spacial score (nSPS) is 11.0. The standard InChI is InChI=1S/C16H17N3O5/c1-10(13-8-11(23-2)5-6-14(13)20)18-19-16(22)15(21)17-9-12-4-3-7-24-12/h3-8,20H,9H2,1-2H3,(H,17,21)(H,19,22)/b18-10+. The van der Waals surface area contributed by atoms with Crippen molar-refractivity contribution < 1.29 is 23.8 Å². The Kier molecular flexibility index (Phi) is 5.56. The van der Waals surface area contributed by atoms with E-state index in [2.05, 4.69) is 15.8 Å². The molecule has 1 heterocycles. The zero-order chi connectivity index (χ0) is 17.5. The van der Waals surface area contributed by atoms with E-state index >= 15 is 0 Å². The number of phenolic OH excluding ortho intramolecular Hbond substituents is 1. The van der Waals surface area contributed by atoms with Gasteiger partial charge in [0.1, 0.15) is 17.3 Å². The molecule has 0 aliphatic carbocycles. The molecule has 0 radical (unpaired) electrons. The molecule has 2 aromatic rings. The van der Waals surface area contributed by atoms with Gasteiger partial charge in [0.2, 0.25) is 0 Å². The van der Waals surface area contributed by atoms with E-state index in [1.807, 2.05) is 0 Å². The third kappa shape index (κ3) is 4.35. The molecule has 0 saturated heterocycles. The Bertz CT molecular complexity index is 753. The van der Waals surface area contributed by atoms with Gasteiger partial charge in [-0.2, -0.15) is 5.10 Å². The van der Waals surface area contributed by atoms with Gasteiger partial charge in [-0.15, -0.1) is 0 Å². The lowest BCUT2D eigenvalue weighted by atomic mass is 10.1. The van der Waals surface area contributed by atoms with E-state index in [1.54, 1.807) is 31.2 Å². The molecule has 0 unspecified atom stereocenters. The minimum Gasteiger partial charge on any atom is -0.507 e. The van der Waals surface area contributed by atoms with E-state index < -0.39 is 11.8 Å². The van der Waals surface area contributed by atoms with Crippen molar-refractivity contribution >= 4 is 17.5 Å². The maximum atomic E-state index is 11.7. The van der Waals surface area contributed by atoms with Crippen molar-refractivity contribution in [1.82, 2.24) is 10.7 Å². The van der Waals surface area contributed by atoms with Gasteiger partial charge in [0.15, 0.2) is 0 Å². The number of hydrazone groups is 1. The predicted octanol–water partition coefficient (Wildman–Crippen LogP) is 1.15. The number of nitrogens with zero attached hydrogens (tertiary/aromatic N) is 1. The molecular weight excluding hydrogens is 314 g/mol. The van der Waals surface area contributed by atoms with Crippen LogP contribution in [0.25, 0.3) is 0 Å². The van der Waals surface area contributed by atoms with Gasteiger partial charge in [0.25, 0.3) is 0 Å². The number of hydrogen-bond donors (Lipinski definition) is 3. The Balaban J connectivity index is 1.96. The summed E-state index contributed by atoms with van der Waals surface area (Å²) >= 11 is 0. The van der Waals surface area contributed by atoms with Gasteiger partial charge in [-0.3, -0.25) is 9.59 Å². The molecule has 0 atom stereocenters. The second-order valence-electron chi connectivity index (χ2n) is 4.78. The predicted molar refractivity (Wildman–Crippen MR) is 85.6 cm³/mol. The van der Waals surface area contributed by atoms with E-state index in [1.165, 1.54) is 19.4 Å². The molecule has 126 valence electrons. The van der Waals surface area contributed by atoms with Gasteiger partial charge in [-0.1, -0.05) is 0 Å². The second kappa shape index (κ2) is 7.82. The van der Waals surface area contributed by atoms with Crippen LogP contribution in [0.15, 0.2) is 46.1 Å². The first-order chi connectivity index (χ1) is 11.5. The highest BCUT2D eigenvalue weighted by Crippen LogP contribution is 2.23. The molecule has 0 aliphatic heterocycles. The lowest BCUT2D eigenvalue weighted by Gasteiger charge is -2.07. The molecule has 8 heteroatoms. The van der Waals surface area contributed by atoms with Crippen molar-refractivity contribution in [1.29, 1.82) is 0 Å². The molecule has 1 aromatic carbocycles. The molecule has 0 bridgehead atoms. The molecule has 8 nitrogen and oxygen atoms in total. The van der Waals surface area contributed by atoms with E-state index in [9.17, 15) is 14.7 Å². The van der Waals surface area contributed by atoms with Gasteiger partial charge in [0.05, 0.1) is 25.6 Å². The van der Waals surface area contributed by atoms with Crippen LogP contribution in [0.4, 0.5) is 0 Å².